The molecule has 0 radical (unpaired) electrons. The van der Waals surface area contributed by atoms with Crippen molar-refractivity contribution in [2.75, 3.05) is 11.1 Å². The van der Waals surface area contributed by atoms with Crippen LogP contribution in [-0.4, -0.2) is 26.0 Å². The average molecular weight is 375 g/mol. The number of nitrogens with one attached hydrogen (secondary N) is 1. The summed E-state index contributed by atoms with van der Waals surface area (Å²) in [5, 5.41) is 3.48. The first-order chi connectivity index (χ1) is 12.0. The number of thioether (sulfide) groups is 1. The van der Waals surface area contributed by atoms with E-state index in [1.54, 1.807) is 12.1 Å². The van der Waals surface area contributed by atoms with Crippen molar-refractivity contribution in [3.8, 4) is 0 Å². The van der Waals surface area contributed by atoms with E-state index in [1.807, 2.05) is 24.3 Å². The normalized spacial score (nSPS) is 10.8. The number of rotatable bonds is 5. The minimum Gasteiger partial charge on any atom is -0.325 e. The fraction of sp³-hybridized carbons (Fsp3) is 0.176. The van der Waals surface area contributed by atoms with Crippen LogP contribution in [0.2, 0.25) is 5.02 Å². The molecule has 1 N–H and O–H groups in total. The van der Waals surface area contributed by atoms with Gasteiger partial charge in [0.2, 0.25) is 5.91 Å². The molecule has 1 aromatic carbocycles. The first kappa shape index (κ1) is 17.4. The van der Waals surface area contributed by atoms with Gasteiger partial charge in [-0.1, -0.05) is 42.4 Å². The lowest BCUT2D eigenvalue weighted by atomic mass is 10.1. The zero-order valence-corrected chi connectivity index (χ0v) is 15.0. The number of halogens is 1. The second-order valence-electron chi connectivity index (χ2n) is 5.25. The van der Waals surface area contributed by atoms with Crippen molar-refractivity contribution >= 4 is 40.6 Å². The monoisotopic (exact) mass is 374 g/mol. The van der Waals surface area contributed by atoms with Crippen LogP contribution in [0.25, 0.3) is 5.65 Å². The number of carbonyl (C=O) groups is 1. The molecule has 128 valence electrons. The molecule has 0 aliphatic heterocycles. The fourth-order valence-corrected chi connectivity index (χ4v) is 2.98. The third-order valence-electron chi connectivity index (χ3n) is 3.48. The highest BCUT2D eigenvalue weighted by molar-refractivity contribution is 7.99. The van der Waals surface area contributed by atoms with Crippen LogP contribution < -0.4 is 11.0 Å². The number of hydrogen-bond acceptors (Lipinski definition) is 5. The zero-order valence-electron chi connectivity index (χ0n) is 13.4. The maximum atomic E-state index is 12.0. The lowest BCUT2D eigenvalue weighted by molar-refractivity contribution is -0.113. The molecule has 0 saturated carbocycles. The van der Waals surface area contributed by atoms with Gasteiger partial charge in [0.1, 0.15) is 5.65 Å². The van der Waals surface area contributed by atoms with Gasteiger partial charge in [0.15, 0.2) is 5.16 Å². The number of aryl methyl sites for hydroxylation is 1. The quantitative estimate of drug-likeness (QED) is 0.694. The molecule has 3 rings (SSSR count). The zero-order chi connectivity index (χ0) is 17.8. The minimum absolute atomic E-state index is 0.110. The standard InChI is InChI=1S/C17H15ClN4O2S/c1-2-11-3-6-13(7-4-11)19-15(23)10-25-16-20-14-8-5-12(18)9-22(14)17(24)21-16/h3-9H,2,10H2,1H3,(H,19,23). The Morgan fingerprint density at radius 2 is 1.96 bits per heavy atom. The van der Waals surface area contributed by atoms with Gasteiger partial charge in [0, 0.05) is 11.9 Å². The molecule has 0 saturated heterocycles. The largest absolute Gasteiger partial charge is 0.355 e. The van der Waals surface area contributed by atoms with Gasteiger partial charge in [0.25, 0.3) is 0 Å². The number of hydrogen-bond donors (Lipinski definition) is 1. The molecule has 0 spiro atoms. The van der Waals surface area contributed by atoms with Crippen LogP contribution in [-0.2, 0) is 11.2 Å². The van der Waals surface area contributed by atoms with E-state index < -0.39 is 5.69 Å². The Morgan fingerprint density at radius 3 is 2.68 bits per heavy atom. The number of nitrogens with zero attached hydrogens (tertiary/aromatic N) is 3. The van der Waals surface area contributed by atoms with Gasteiger partial charge in [-0.15, -0.1) is 0 Å². The van der Waals surface area contributed by atoms with E-state index in [0.717, 1.165) is 23.9 Å². The van der Waals surface area contributed by atoms with Crippen LogP contribution in [0, 0.1) is 0 Å². The van der Waals surface area contributed by atoms with E-state index in [9.17, 15) is 9.59 Å². The number of carbonyl (C=O) groups excluding carboxylic acids is 1. The Balaban J connectivity index is 1.66. The summed E-state index contributed by atoms with van der Waals surface area (Å²) >= 11 is 6.96. The van der Waals surface area contributed by atoms with Gasteiger partial charge >= 0.3 is 5.69 Å². The highest BCUT2D eigenvalue weighted by Crippen LogP contribution is 2.15. The summed E-state index contributed by atoms with van der Waals surface area (Å²) in [7, 11) is 0. The summed E-state index contributed by atoms with van der Waals surface area (Å²) in [4.78, 5) is 32.2. The van der Waals surface area contributed by atoms with Crippen molar-refractivity contribution < 1.29 is 4.79 Å². The molecule has 0 fully saturated rings. The Hall–Kier alpha value is -2.38. The predicted octanol–water partition coefficient (Wildman–Crippen LogP) is 3.04. The number of amides is 1. The SMILES string of the molecule is CCc1ccc(NC(=O)CSc2nc(=O)n3cc(Cl)ccc3n2)cc1. The van der Waals surface area contributed by atoms with Gasteiger partial charge in [-0.3, -0.25) is 4.79 Å². The van der Waals surface area contributed by atoms with E-state index in [0.29, 0.717) is 10.7 Å². The van der Waals surface area contributed by atoms with E-state index >= 15 is 0 Å². The van der Waals surface area contributed by atoms with Crippen LogP contribution in [0.1, 0.15) is 12.5 Å². The fourth-order valence-electron chi connectivity index (χ4n) is 2.19. The molecular weight excluding hydrogens is 360 g/mol. The number of pyridine rings is 1. The molecule has 0 aliphatic rings. The molecule has 0 unspecified atom stereocenters. The van der Waals surface area contributed by atoms with Gasteiger partial charge in [-0.05, 0) is 36.2 Å². The topological polar surface area (TPSA) is 76.4 Å². The van der Waals surface area contributed by atoms with Crippen LogP contribution in [0.4, 0.5) is 5.69 Å². The van der Waals surface area contributed by atoms with Crippen molar-refractivity contribution in [2.45, 2.75) is 18.5 Å². The third-order valence-corrected chi connectivity index (χ3v) is 4.55. The van der Waals surface area contributed by atoms with Gasteiger partial charge in [-0.2, -0.15) is 4.98 Å². The molecule has 8 heteroatoms. The summed E-state index contributed by atoms with van der Waals surface area (Å²) in [5.41, 5.74) is 1.89. The van der Waals surface area contributed by atoms with Crippen LogP contribution in [0.5, 0.6) is 0 Å². The maximum Gasteiger partial charge on any atom is 0.355 e. The summed E-state index contributed by atoms with van der Waals surface area (Å²) in [5.74, 6) is -0.0761. The predicted molar refractivity (Wildman–Crippen MR) is 99.4 cm³/mol. The van der Waals surface area contributed by atoms with Crippen LogP contribution >= 0.6 is 23.4 Å². The van der Waals surface area contributed by atoms with Crippen molar-refractivity contribution in [1.82, 2.24) is 14.4 Å². The van der Waals surface area contributed by atoms with Crippen molar-refractivity contribution in [1.29, 1.82) is 0 Å². The smallest absolute Gasteiger partial charge is 0.325 e. The molecule has 2 heterocycles. The summed E-state index contributed by atoms with van der Waals surface area (Å²) in [6.45, 7) is 2.07. The Morgan fingerprint density at radius 1 is 1.20 bits per heavy atom. The molecule has 0 bridgehead atoms. The Bertz CT molecular complexity index is 973. The lowest BCUT2D eigenvalue weighted by Gasteiger charge is -2.06. The molecule has 0 atom stereocenters. The van der Waals surface area contributed by atoms with Crippen molar-refractivity contribution in [3.05, 3.63) is 63.7 Å². The van der Waals surface area contributed by atoms with Crippen molar-refractivity contribution in [2.24, 2.45) is 0 Å². The Labute approximate surface area is 153 Å². The molecule has 2 aromatic heterocycles. The van der Waals surface area contributed by atoms with E-state index in [-0.39, 0.29) is 16.8 Å². The summed E-state index contributed by atoms with van der Waals surface area (Å²) in [6, 6.07) is 11.0. The highest BCUT2D eigenvalue weighted by atomic mass is 35.5. The Kier molecular flexibility index (Phi) is 5.35. The van der Waals surface area contributed by atoms with E-state index in [1.165, 1.54) is 16.2 Å². The second kappa shape index (κ2) is 7.67. The molecule has 1 amide bonds. The number of anilines is 1. The lowest BCUT2D eigenvalue weighted by Crippen LogP contribution is -2.20. The van der Waals surface area contributed by atoms with Crippen LogP contribution in [0.3, 0.4) is 0 Å². The van der Waals surface area contributed by atoms with E-state index in [4.69, 9.17) is 11.6 Å². The van der Waals surface area contributed by atoms with Gasteiger partial charge < -0.3 is 5.32 Å². The van der Waals surface area contributed by atoms with E-state index in [2.05, 4.69) is 22.2 Å². The molecular formula is C17H15ClN4O2S. The molecule has 6 nitrogen and oxygen atoms in total. The van der Waals surface area contributed by atoms with Crippen molar-refractivity contribution in [3.63, 3.8) is 0 Å². The molecule has 0 aliphatic carbocycles. The second-order valence-corrected chi connectivity index (χ2v) is 6.63. The van der Waals surface area contributed by atoms with Crippen LogP contribution in [0.15, 0.2) is 52.5 Å². The first-order valence-electron chi connectivity index (χ1n) is 7.62. The number of benzene rings is 1. The van der Waals surface area contributed by atoms with Gasteiger partial charge in [0.05, 0.1) is 10.8 Å². The highest BCUT2D eigenvalue weighted by Gasteiger charge is 2.09. The number of fused-ring (bicyclic) bond motifs is 1. The first-order valence-corrected chi connectivity index (χ1v) is 8.99. The summed E-state index contributed by atoms with van der Waals surface area (Å²) in [6.07, 6.45) is 2.41. The molecule has 25 heavy (non-hydrogen) atoms. The maximum absolute atomic E-state index is 12.0. The van der Waals surface area contributed by atoms with Gasteiger partial charge in [-0.25, -0.2) is 14.2 Å². The minimum atomic E-state index is -0.481. The summed E-state index contributed by atoms with van der Waals surface area (Å²) < 4.78 is 1.27. The molecule has 3 aromatic rings. The number of aromatic nitrogens is 3. The average Bonchev–Trinajstić information content (AvgIpc) is 2.61. The third kappa shape index (κ3) is 4.37.